The number of amides is 1. The normalized spacial score (nSPS) is 29.9. The van der Waals surface area contributed by atoms with Crippen LogP contribution in [0.1, 0.15) is 51.0 Å². The van der Waals surface area contributed by atoms with Crippen molar-refractivity contribution in [2.24, 2.45) is 5.92 Å². The van der Waals surface area contributed by atoms with E-state index < -0.39 is 5.60 Å². The summed E-state index contributed by atoms with van der Waals surface area (Å²) in [6, 6.07) is 7.28. The molecule has 0 N–H and O–H groups in total. The van der Waals surface area contributed by atoms with Gasteiger partial charge in [-0.3, -0.25) is 4.90 Å². The van der Waals surface area contributed by atoms with Gasteiger partial charge in [-0.05, 0) is 64.2 Å². The Balaban J connectivity index is 1.19. The molecule has 2 saturated heterocycles. The molecule has 2 aliphatic heterocycles. The number of carbonyl (C=O) groups is 1. The lowest BCUT2D eigenvalue weighted by Gasteiger charge is -2.41. The van der Waals surface area contributed by atoms with Crippen LogP contribution in [-0.2, 0) is 4.74 Å². The number of likely N-dealkylation sites (tertiary alicyclic amines) is 2. The second kappa shape index (κ2) is 7.20. The molecule has 0 radical (unpaired) electrons. The Morgan fingerprint density at radius 2 is 2.07 bits per heavy atom. The highest BCUT2D eigenvalue weighted by Crippen LogP contribution is 2.45. The number of fused-ring (bicyclic) bond motifs is 2. The van der Waals surface area contributed by atoms with E-state index in [0.717, 1.165) is 36.0 Å². The van der Waals surface area contributed by atoms with Crippen molar-refractivity contribution in [1.82, 2.24) is 14.8 Å². The van der Waals surface area contributed by atoms with Crippen molar-refractivity contribution in [3.63, 3.8) is 0 Å². The summed E-state index contributed by atoms with van der Waals surface area (Å²) >= 11 is 5.39. The van der Waals surface area contributed by atoms with Crippen LogP contribution in [0, 0.1) is 5.92 Å². The van der Waals surface area contributed by atoms with Crippen molar-refractivity contribution in [3.05, 3.63) is 27.7 Å². The van der Waals surface area contributed by atoms with Crippen molar-refractivity contribution in [3.8, 4) is 0 Å². The molecule has 1 amide bonds. The van der Waals surface area contributed by atoms with Crippen LogP contribution in [0.5, 0.6) is 0 Å². The van der Waals surface area contributed by atoms with Crippen molar-refractivity contribution in [1.29, 1.82) is 0 Å². The van der Waals surface area contributed by atoms with E-state index in [4.69, 9.17) is 9.72 Å². The van der Waals surface area contributed by atoms with Gasteiger partial charge in [-0.1, -0.05) is 15.9 Å². The lowest BCUT2D eigenvalue weighted by molar-refractivity contribution is 0.0204. The van der Waals surface area contributed by atoms with Crippen LogP contribution in [0.2, 0.25) is 0 Å². The number of aromatic nitrogens is 1. The monoisotopic (exact) mass is 477 g/mol. The predicted octanol–water partition coefficient (Wildman–Crippen LogP) is 5.25. The van der Waals surface area contributed by atoms with Crippen LogP contribution in [0.4, 0.5) is 4.79 Å². The standard InChI is InChI=1S/C22H28BrN3O2S/c1-22(2,3)28-21(27)26-7-6-13-11-25(12-18(13)26)16-8-14(9-16)20-24-17-5-4-15(23)10-19(17)29-20/h4-5,10,13-14,16,18H,6-9,11-12H2,1-3H3/t13-,14-,16+,18+/m1/s1. The van der Waals surface area contributed by atoms with Gasteiger partial charge in [0.1, 0.15) is 5.60 Å². The van der Waals surface area contributed by atoms with E-state index in [9.17, 15) is 4.79 Å². The van der Waals surface area contributed by atoms with Crippen LogP contribution >= 0.6 is 27.3 Å². The first-order valence-electron chi connectivity index (χ1n) is 10.6. The maximum atomic E-state index is 12.6. The van der Waals surface area contributed by atoms with E-state index in [1.807, 2.05) is 37.0 Å². The van der Waals surface area contributed by atoms with Gasteiger partial charge in [0.25, 0.3) is 0 Å². The largest absolute Gasteiger partial charge is 0.444 e. The smallest absolute Gasteiger partial charge is 0.410 e. The topological polar surface area (TPSA) is 45.7 Å². The van der Waals surface area contributed by atoms with E-state index in [2.05, 4.69) is 39.0 Å². The maximum Gasteiger partial charge on any atom is 0.410 e. The molecule has 0 bridgehead atoms. The Labute approximate surface area is 184 Å². The zero-order valence-corrected chi connectivity index (χ0v) is 19.6. The van der Waals surface area contributed by atoms with Crippen LogP contribution in [0.25, 0.3) is 10.2 Å². The Morgan fingerprint density at radius 1 is 1.28 bits per heavy atom. The van der Waals surface area contributed by atoms with Gasteiger partial charge in [-0.2, -0.15) is 0 Å². The first-order valence-corrected chi connectivity index (χ1v) is 12.2. The van der Waals surface area contributed by atoms with E-state index in [1.54, 1.807) is 0 Å². The highest BCUT2D eigenvalue weighted by atomic mass is 79.9. The minimum Gasteiger partial charge on any atom is -0.444 e. The highest BCUT2D eigenvalue weighted by Gasteiger charge is 2.48. The molecule has 1 aromatic heterocycles. The maximum absolute atomic E-state index is 12.6. The molecule has 0 unspecified atom stereocenters. The van der Waals surface area contributed by atoms with E-state index >= 15 is 0 Å². The fourth-order valence-corrected chi connectivity index (χ4v) is 6.66. The number of benzene rings is 1. The molecule has 1 saturated carbocycles. The van der Waals surface area contributed by atoms with Crippen molar-refractivity contribution >= 4 is 43.6 Å². The molecule has 0 spiro atoms. The molecule has 3 heterocycles. The number of halogens is 1. The van der Waals surface area contributed by atoms with Gasteiger partial charge in [0.15, 0.2) is 0 Å². The average molecular weight is 478 g/mol. The number of carbonyl (C=O) groups excluding carboxylic acids is 1. The highest BCUT2D eigenvalue weighted by molar-refractivity contribution is 9.10. The summed E-state index contributed by atoms with van der Waals surface area (Å²) in [5, 5.41) is 1.28. The molecule has 1 aliphatic carbocycles. The zero-order chi connectivity index (χ0) is 20.3. The van der Waals surface area contributed by atoms with Crippen molar-refractivity contribution < 1.29 is 9.53 Å². The summed E-state index contributed by atoms with van der Waals surface area (Å²) in [5.74, 6) is 1.18. The fraction of sp³-hybridized carbons (Fsp3) is 0.636. The predicted molar refractivity (Wildman–Crippen MR) is 119 cm³/mol. The molecule has 1 aromatic carbocycles. The molecule has 7 heteroatoms. The summed E-state index contributed by atoms with van der Waals surface area (Å²) in [5.41, 5.74) is 0.682. The Kier molecular flexibility index (Phi) is 4.91. The van der Waals surface area contributed by atoms with E-state index in [1.165, 1.54) is 22.5 Å². The molecular formula is C22H28BrN3O2S. The first kappa shape index (κ1) is 19.8. The number of nitrogens with zero attached hydrogens (tertiary/aromatic N) is 3. The van der Waals surface area contributed by atoms with Crippen LogP contribution in [0.3, 0.4) is 0 Å². The molecule has 2 aromatic rings. The number of hydrogen-bond donors (Lipinski definition) is 0. The van der Waals surface area contributed by atoms with Gasteiger partial charge < -0.3 is 9.64 Å². The third-order valence-electron chi connectivity index (χ3n) is 6.55. The lowest BCUT2D eigenvalue weighted by atomic mass is 9.80. The van der Waals surface area contributed by atoms with Crippen molar-refractivity contribution in [2.75, 3.05) is 19.6 Å². The van der Waals surface area contributed by atoms with Gasteiger partial charge in [0.05, 0.1) is 21.3 Å². The molecular weight excluding hydrogens is 450 g/mol. The second-order valence-corrected chi connectivity index (χ2v) is 11.7. The SMILES string of the molecule is CC(C)(C)OC(=O)N1CC[C@@H]2CN([C@H]3C[C@@H](c4nc5ccc(Br)cc5s4)C3)C[C@@H]21. The van der Waals surface area contributed by atoms with Gasteiger partial charge in [0, 0.05) is 36.1 Å². The summed E-state index contributed by atoms with van der Waals surface area (Å²) < 4.78 is 8.02. The Bertz CT molecular complexity index is 934. The second-order valence-electron chi connectivity index (χ2n) is 9.73. The Hall–Kier alpha value is -1.18. The third-order valence-corrected chi connectivity index (χ3v) is 8.22. The summed E-state index contributed by atoms with van der Waals surface area (Å²) in [6.07, 6.45) is 3.34. The molecule has 5 nitrogen and oxygen atoms in total. The van der Waals surface area contributed by atoms with Crippen molar-refractivity contribution in [2.45, 2.75) is 63.6 Å². The third kappa shape index (κ3) is 3.81. The molecule has 156 valence electrons. The molecule has 3 aliphatic rings. The van der Waals surface area contributed by atoms with Crippen LogP contribution in [-0.4, -0.2) is 58.2 Å². The fourth-order valence-electron chi connectivity index (χ4n) is 5.02. The minimum atomic E-state index is -0.429. The quantitative estimate of drug-likeness (QED) is 0.592. The number of ether oxygens (including phenoxy) is 1. The Morgan fingerprint density at radius 3 is 2.83 bits per heavy atom. The van der Waals surface area contributed by atoms with Crippen LogP contribution < -0.4 is 0 Å². The van der Waals surface area contributed by atoms with Crippen LogP contribution in [0.15, 0.2) is 22.7 Å². The summed E-state index contributed by atoms with van der Waals surface area (Å²) in [7, 11) is 0. The number of thiazole rings is 1. The van der Waals surface area contributed by atoms with Gasteiger partial charge >= 0.3 is 6.09 Å². The first-order chi connectivity index (χ1) is 13.8. The molecule has 3 fully saturated rings. The number of rotatable bonds is 2. The molecule has 5 rings (SSSR count). The number of hydrogen-bond acceptors (Lipinski definition) is 5. The van der Waals surface area contributed by atoms with E-state index in [-0.39, 0.29) is 6.09 Å². The summed E-state index contributed by atoms with van der Waals surface area (Å²) in [6.45, 7) is 8.77. The van der Waals surface area contributed by atoms with Gasteiger partial charge in [0.2, 0.25) is 0 Å². The molecule has 2 atom stereocenters. The summed E-state index contributed by atoms with van der Waals surface area (Å²) in [4.78, 5) is 22.1. The lowest BCUT2D eigenvalue weighted by Crippen LogP contribution is -2.46. The molecule has 29 heavy (non-hydrogen) atoms. The average Bonchev–Trinajstić information content (AvgIpc) is 3.24. The minimum absolute atomic E-state index is 0.140. The van der Waals surface area contributed by atoms with Gasteiger partial charge in [-0.15, -0.1) is 11.3 Å². The van der Waals surface area contributed by atoms with E-state index in [0.29, 0.717) is 23.9 Å². The van der Waals surface area contributed by atoms with Gasteiger partial charge in [-0.25, -0.2) is 9.78 Å². The zero-order valence-electron chi connectivity index (χ0n) is 17.2.